The largest absolute Gasteiger partial charge is 0.0654 e. The Morgan fingerprint density at radius 3 is 1.38 bits per heavy atom. The summed E-state index contributed by atoms with van der Waals surface area (Å²) in [5.41, 5.74) is 0. The molecule has 0 aliphatic carbocycles. The van der Waals surface area contributed by atoms with Crippen LogP contribution >= 0.6 is 0 Å². The number of hydrogen-bond donors (Lipinski definition) is 0. The molecule has 52 valence electrons. The van der Waals surface area contributed by atoms with Gasteiger partial charge in [-0.25, -0.2) is 0 Å². The summed E-state index contributed by atoms with van der Waals surface area (Å²) < 4.78 is 0. The Morgan fingerprint density at radius 2 is 1.12 bits per heavy atom. The van der Waals surface area contributed by atoms with Crippen molar-refractivity contribution in [2.45, 2.75) is 46.0 Å². The first kappa shape index (κ1) is 11.1. The molecule has 0 radical (unpaired) electrons. The second-order valence-electron chi connectivity index (χ2n) is 2.06. The molecular formula is C7H20Si. The predicted molar refractivity (Wildman–Crippen MR) is 45.8 cm³/mol. The number of unbranched alkanes of at least 4 members (excludes halogenated alkanes) is 4. The molecule has 0 aliphatic heterocycles. The van der Waals surface area contributed by atoms with Gasteiger partial charge >= 0.3 is 0 Å². The van der Waals surface area contributed by atoms with Gasteiger partial charge in [0.25, 0.3) is 0 Å². The lowest BCUT2D eigenvalue weighted by Crippen LogP contribution is -1.70. The summed E-state index contributed by atoms with van der Waals surface area (Å²) in [6.07, 6.45) is 7.01. The van der Waals surface area contributed by atoms with Crippen LogP contribution in [0.1, 0.15) is 46.0 Å². The van der Waals surface area contributed by atoms with Crippen molar-refractivity contribution in [2.75, 3.05) is 0 Å². The van der Waals surface area contributed by atoms with Crippen LogP contribution in [-0.4, -0.2) is 11.0 Å². The van der Waals surface area contributed by atoms with E-state index in [1.165, 1.54) is 32.1 Å². The van der Waals surface area contributed by atoms with Crippen molar-refractivity contribution < 1.29 is 0 Å². The molecule has 0 aliphatic rings. The highest BCUT2D eigenvalue weighted by molar-refractivity contribution is 5.75. The molecule has 0 heterocycles. The Labute approximate surface area is 57.7 Å². The van der Waals surface area contributed by atoms with E-state index in [0.717, 1.165) is 0 Å². The first-order chi connectivity index (χ1) is 3.41. The van der Waals surface area contributed by atoms with Gasteiger partial charge in [0, 0.05) is 0 Å². The molecule has 0 aromatic rings. The predicted octanol–water partition coefficient (Wildman–Crippen LogP) is 1.53. The molecule has 0 aromatic carbocycles. The molecule has 1 heteroatoms. The van der Waals surface area contributed by atoms with Crippen molar-refractivity contribution >= 4 is 11.0 Å². The second-order valence-corrected chi connectivity index (χ2v) is 2.06. The van der Waals surface area contributed by atoms with E-state index >= 15 is 0 Å². The Balaban J connectivity index is 0. The van der Waals surface area contributed by atoms with Crippen LogP contribution in [0.2, 0.25) is 0 Å². The summed E-state index contributed by atoms with van der Waals surface area (Å²) in [7, 11) is 0. The molecule has 0 spiro atoms. The molecule has 0 aromatic heterocycles. The average Bonchev–Trinajstić information content (AvgIpc) is 1.69. The summed E-state index contributed by atoms with van der Waals surface area (Å²) in [6.45, 7) is 4.49. The molecule has 0 saturated carbocycles. The maximum Gasteiger partial charge on any atom is -0.0149 e. The lowest BCUT2D eigenvalue weighted by Gasteiger charge is -1.90. The van der Waals surface area contributed by atoms with Crippen LogP contribution in [0.15, 0.2) is 0 Å². The molecule has 8 heavy (non-hydrogen) atoms. The van der Waals surface area contributed by atoms with Crippen molar-refractivity contribution in [1.82, 2.24) is 0 Å². The monoisotopic (exact) mass is 132 g/mol. The molecule has 0 nitrogen and oxygen atoms in total. The molecule has 0 bridgehead atoms. The molecule has 0 fully saturated rings. The van der Waals surface area contributed by atoms with Gasteiger partial charge in [-0.3, -0.25) is 0 Å². The van der Waals surface area contributed by atoms with Crippen LogP contribution in [0.3, 0.4) is 0 Å². The lowest BCUT2D eigenvalue weighted by atomic mass is 10.2. The van der Waals surface area contributed by atoms with E-state index in [2.05, 4.69) is 13.8 Å². The summed E-state index contributed by atoms with van der Waals surface area (Å²) in [6, 6.07) is 0. The van der Waals surface area contributed by atoms with Gasteiger partial charge in [-0.05, 0) is 11.0 Å². The molecule has 0 rings (SSSR count). The van der Waals surface area contributed by atoms with E-state index in [0.29, 0.717) is 0 Å². The van der Waals surface area contributed by atoms with Gasteiger partial charge in [-0.2, -0.15) is 0 Å². The Morgan fingerprint density at radius 1 is 0.750 bits per heavy atom. The smallest absolute Gasteiger partial charge is 0.0149 e. The highest BCUT2D eigenvalue weighted by atomic mass is 28.1. The van der Waals surface area contributed by atoms with Gasteiger partial charge in [0.1, 0.15) is 0 Å². The van der Waals surface area contributed by atoms with Crippen molar-refractivity contribution in [1.29, 1.82) is 0 Å². The van der Waals surface area contributed by atoms with Gasteiger partial charge in [0.2, 0.25) is 0 Å². The summed E-state index contributed by atoms with van der Waals surface area (Å²) in [5.74, 6) is 0. The van der Waals surface area contributed by atoms with Crippen LogP contribution in [-0.2, 0) is 0 Å². The highest BCUT2D eigenvalue weighted by Crippen LogP contribution is 2.00. The third kappa shape index (κ3) is 9.52. The van der Waals surface area contributed by atoms with E-state index in [1.54, 1.807) is 0 Å². The minimum Gasteiger partial charge on any atom is -0.0654 e. The van der Waals surface area contributed by atoms with E-state index in [-0.39, 0.29) is 11.0 Å². The number of hydrogen-bond acceptors (Lipinski definition) is 0. The van der Waals surface area contributed by atoms with Gasteiger partial charge in [0.15, 0.2) is 0 Å². The van der Waals surface area contributed by atoms with Crippen molar-refractivity contribution in [3.8, 4) is 0 Å². The quantitative estimate of drug-likeness (QED) is 0.402. The Kier molecular flexibility index (Phi) is 14.2. The maximum absolute atomic E-state index is 2.25. The van der Waals surface area contributed by atoms with E-state index < -0.39 is 0 Å². The van der Waals surface area contributed by atoms with Crippen molar-refractivity contribution in [3.05, 3.63) is 0 Å². The van der Waals surface area contributed by atoms with Gasteiger partial charge in [0.05, 0.1) is 0 Å². The average molecular weight is 132 g/mol. The van der Waals surface area contributed by atoms with E-state index in [9.17, 15) is 0 Å². The van der Waals surface area contributed by atoms with Gasteiger partial charge < -0.3 is 0 Å². The second kappa shape index (κ2) is 10.2. The van der Waals surface area contributed by atoms with Crippen LogP contribution < -0.4 is 0 Å². The van der Waals surface area contributed by atoms with Crippen LogP contribution in [0.4, 0.5) is 0 Å². The minimum absolute atomic E-state index is 0. The zero-order valence-corrected chi connectivity index (χ0v) is 5.54. The third-order valence-corrected chi connectivity index (χ3v) is 1.21. The first-order valence-corrected chi connectivity index (χ1v) is 3.41. The molecule has 0 saturated heterocycles. The minimum atomic E-state index is 0. The fraction of sp³-hybridized carbons (Fsp3) is 1.00. The summed E-state index contributed by atoms with van der Waals surface area (Å²) in [5, 5.41) is 0. The topological polar surface area (TPSA) is 0 Å². The normalized spacial score (nSPS) is 8.25. The van der Waals surface area contributed by atoms with Crippen LogP contribution in [0.25, 0.3) is 0 Å². The van der Waals surface area contributed by atoms with Crippen LogP contribution in [0.5, 0.6) is 0 Å². The number of rotatable bonds is 4. The Bertz CT molecular complexity index is 23.6. The molecular weight excluding hydrogens is 112 g/mol. The third-order valence-electron chi connectivity index (χ3n) is 1.21. The molecule has 0 atom stereocenters. The first-order valence-electron chi connectivity index (χ1n) is 3.41. The van der Waals surface area contributed by atoms with Crippen LogP contribution in [0, 0.1) is 0 Å². The van der Waals surface area contributed by atoms with E-state index in [4.69, 9.17) is 0 Å². The van der Waals surface area contributed by atoms with Gasteiger partial charge in [-0.1, -0.05) is 46.0 Å². The summed E-state index contributed by atoms with van der Waals surface area (Å²) in [4.78, 5) is 0. The Hall–Kier alpha value is 0.217. The molecule has 0 unspecified atom stereocenters. The highest BCUT2D eigenvalue weighted by Gasteiger charge is 1.80. The SMILES string of the molecule is CCCCCCC.[SiH4]. The van der Waals surface area contributed by atoms with E-state index in [1.807, 2.05) is 0 Å². The maximum atomic E-state index is 2.25. The lowest BCUT2D eigenvalue weighted by molar-refractivity contribution is 0.656. The van der Waals surface area contributed by atoms with Crippen molar-refractivity contribution in [3.63, 3.8) is 0 Å². The zero-order valence-electron chi connectivity index (χ0n) is 5.54. The fourth-order valence-electron chi connectivity index (χ4n) is 0.677. The van der Waals surface area contributed by atoms with Gasteiger partial charge in [-0.15, -0.1) is 0 Å². The molecule has 0 N–H and O–H groups in total. The summed E-state index contributed by atoms with van der Waals surface area (Å²) >= 11 is 0. The fourth-order valence-corrected chi connectivity index (χ4v) is 0.677. The zero-order chi connectivity index (χ0) is 5.54. The standard InChI is InChI=1S/C7H16.H4Si/c1-3-5-7-6-4-2;/h3-7H2,1-2H3;1H4. The van der Waals surface area contributed by atoms with Crippen molar-refractivity contribution in [2.24, 2.45) is 0 Å². The molecule has 0 amide bonds.